The van der Waals surface area contributed by atoms with E-state index in [4.69, 9.17) is 0 Å². The zero-order valence-electron chi connectivity index (χ0n) is 16.2. The number of rotatable bonds is 1. The molecule has 3 aromatic carbocycles. The minimum atomic E-state index is -0.0000100. The largest absolute Gasteiger partial charge is 0.324 e. The summed E-state index contributed by atoms with van der Waals surface area (Å²) in [5.74, 6) is 0. The maximum atomic E-state index is 12.9. The van der Waals surface area contributed by atoms with Crippen LogP contribution in [0.2, 0.25) is 0 Å². The number of hydrogen-bond donors (Lipinski definition) is 1. The average molecular weight is 368 g/mol. The van der Waals surface area contributed by atoms with Crippen molar-refractivity contribution in [3.8, 4) is 11.1 Å². The summed E-state index contributed by atoms with van der Waals surface area (Å²) in [5, 5.41) is 3.12. The van der Waals surface area contributed by atoms with Crippen LogP contribution in [0.3, 0.4) is 0 Å². The molecule has 0 fully saturated rings. The minimum absolute atomic E-state index is 0.0000100. The van der Waals surface area contributed by atoms with Gasteiger partial charge in [0.15, 0.2) is 0 Å². The lowest BCUT2D eigenvalue weighted by atomic mass is 10.0. The molecule has 3 heteroatoms. The summed E-state index contributed by atoms with van der Waals surface area (Å²) >= 11 is 0. The standard InChI is InChI=1S/C25H24N2O/c1-17-6-7-18-10-12-27(13-11-19(18)14-17)25(28)26-22-8-9-24-21(16-22)15-20-4-2-3-5-23(20)24/h2-9,14,16H,10-13,15H2,1H3,(H,26,28). The highest BCUT2D eigenvalue weighted by Crippen LogP contribution is 2.37. The van der Waals surface area contributed by atoms with Gasteiger partial charge in [-0.25, -0.2) is 4.79 Å². The second-order valence-corrected chi connectivity index (χ2v) is 7.90. The first-order valence-corrected chi connectivity index (χ1v) is 10.0. The quantitative estimate of drug-likeness (QED) is 0.492. The molecule has 0 spiro atoms. The summed E-state index contributed by atoms with van der Waals surface area (Å²) in [6, 6.07) is 21.5. The monoisotopic (exact) mass is 368 g/mol. The summed E-state index contributed by atoms with van der Waals surface area (Å²) in [5.41, 5.74) is 10.2. The van der Waals surface area contributed by atoms with E-state index < -0.39 is 0 Å². The fourth-order valence-electron chi connectivity index (χ4n) is 4.48. The van der Waals surface area contributed by atoms with Gasteiger partial charge in [-0.3, -0.25) is 0 Å². The van der Waals surface area contributed by atoms with Crippen molar-refractivity contribution in [3.05, 3.63) is 88.5 Å². The number of hydrogen-bond acceptors (Lipinski definition) is 1. The van der Waals surface area contributed by atoms with Crippen LogP contribution in [0, 0.1) is 6.92 Å². The predicted molar refractivity (Wildman–Crippen MR) is 114 cm³/mol. The summed E-state index contributed by atoms with van der Waals surface area (Å²) in [6.45, 7) is 3.65. The fourth-order valence-corrected chi connectivity index (χ4v) is 4.48. The molecule has 0 aromatic heterocycles. The number of fused-ring (bicyclic) bond motifs is 4. The van der Waals surface area contributed by atoms with Gasteiger partial charge >= 0.3 is 6.03 Å². The van der Waals surface area contributed by atoms with Crippen molar-refractivity contribution in [3.63, 3.8) is 0 Å². The van der Waals surface area contributed by atoms with E-state index in [0.717, 1.165) is 38.0 Å². The zero-order valence-corrected chi connectivity index (χ0v) is 16.2. The lowest BCUT2D eigenvalue weighted by molar-refractivity contribution is 0.214. The van der Waals surface area contributed by atoms with E-state index in [9.17, 15) is 4.79 Å². The molecule has 1 aliphatic carbocycles. The van der Waals surface area contributed by atoms with Crippen molar-refractivity contribution < 1.29 is 4.79 Å². The molecule has 1 heterocycles. The van der Waals surface area contributed by atoms with Crippen LogP contribution in [0.25, 0.3) is 11.1 Å². The molecule has 0 bridgehead atoms. The van der Waals surface area contributed by atoms with Gasteiger partial charge in [0.25, 0.3) is 0 Å². The van der Waals surface area contributed by atoms with E-state index in [2.05, 4.69) is 66.8 Å². The van der Waals surface area contributed by atoms with Crippen LogP contribution < -0.4 is 5.32 Å². The van der Waals surface area contributed by atoms with Gasteiger partial charge in [0.2, 0.25) is 0 Å². The van der Waals surface area contributed by atoms with Gasteiger partial charge < -0.3 is 10.2 Å². The van der Waals surface area contributed by atoms with E-state index in [-0.39, 0.29) is 6.03 Å². The molecular weight excluding hydrogens is 344 g/mol. The number of aryl methyl sites for hydroxylation is 1. The molecule has 140 valence electrons. The Balaban J connectivity index is 1.30. The molecule has 2 aliphatic rings. The van der Waals surface area contributed by atoms with E-state index in [0.29, 0.717) is 0 Å². The number of urea groups is 1. The molecule has 0 atom stereocenters. The summed E-state index contributed by atoms with van der Waals surface area (Å²) in [7, 11) is 0. The smallest absolute Gasteiger partial charge is 0.321 e. The van der Waals surface area contributed by atoms with Gasteiger partial charge in [0, 0.05) is 18.8 Å². The third-order valence-corrected chi connectivity index (χ3v) is 6.00. The van der Waals surface area contributed by atoms with Crippen LogP contribution >= 0.6 is 0 Å². The van der Waals surface area contributed by atoms with Gasteiger partial charge in [-0.1, -0.05) is 54.1 Å². The Bertz CT molecular complexity index is 1070. The lowest BCUT2D eigenvalue weighted by Gasteiger charge is -2.21. The number of amides is 2. The van der Waals surface area contributed by atoms with Crippen LogP contribution in [0.15, 0.2) is 60.7 Å². The molecule has 0 radical (unpaired) electrons. The Morgan fingerprint density at radius 3 is 2.50 bits per heavy atom. The minimum Gasteiger partial charge on any atom is -0.324 e. The Hall–Kier alpha value is -3.07. The second-order valence-electron chi connectivity index (χ2n) is 7.90. The Labute approximate surface area is 166 Å². The van der Waals surface area contributed by atoms with Crippen LogP contribution in [0.1, 0.15) is 27.8 Å². The molecule has 5 rings (SSSR count). The van der Waals surface area contributed by atoms with Gasteiger partial charge in [-0.15, -0.1) is 0 Å². The van der Waals surface area contributed by atoms with E-state index in [1.807, 2.05) is 11.0 Å². The lowest BCUT2D eigenvalue weighted by Crippen LogP contribution is -2.36. The maximum Gasteiger partial charge on any atom is 0.321 e. The first kappa shape index (κ1) is 17.1. The molecular formula is C25H24N2O. The number of carbonyl (C=O) groups is 1. The molecule has 0 unspecified atom stereocenters. The SMILES string of the molecule is Cc1ccc2c(c1)CCN(C(=O)Nc1ccc3c(c1)Cc1ccccc1-3)CC2. The molecule has 1 N–H and O–H groups in total. The molecule has 2 amide bonds. The zero-order chi connectivity index (χ0) is 19.1. The van der Waals surface area contributed by atoms with Crippen molar-refractivity contribution >= 4 is 11.7 Å². The van der Waals surface area contributed by atoms with Gasteiger partial charge in [0.05, 0.1) is 0 Å². The first-order valence-electron chi connectivity index (χ1n) is 10.0. The van der Waals surface area contributed by atoms with Crippen molar-refractivity contribution in [1.29, 1.82) is 0 Å². The highest BCUT2D eigenvalue weighted by molar-refractivity contribution is 5.90. The molecule has 3 nitrogen and oxygen atoms in total. The van der Waals surface area contributed by atoms with Crippen molar-refractivity contribution in [2.45, 2.75) is 26.2 Å². The molecule has 1 aliphatic heterocycles. The fraction of sp³-hybridized carbons (Fsp3) is 0.240. The number of carbonyl (C=O) groups excluding carboxylic acids is 1. The highest BCUT2D eigenvalue weighted by atomic mass is 16.2. The number of anilines is 1. The summed E-state index contributed by atoms with van der Waals surface area (Å²) in [6.07, 6.45) is 2.78. The molecule has 0 saturated heterocycles. The Morgan fingerprint density at radius 2 is 1.61 bits per heavy atom. The van der Waals surface area contributed by atoms with Crippen LogP contribution in [0.5, 0.6) is 0 Å². The normalized spacial score (nSPS) is 14.7. The number of benzene rings is 3. The predicted octanol–water partition coefficient (Wildman–Crippen LogP) is 5.20. The van der Waals surface area contributed by atoms with Gasteiger partial charge in [-0.2, -0.15) is 0 Å². The number of nitrogens with zero attached hydrogens (tertiary/aromatic N) is 1. The van der Waals surface area contributed by atoms with E-state index in [1.54, 1.807) is 0 Å². The first-order chi connectivity index (χ1) is 13.7. The summed E-state index contributed by atoms with van der Waals surface area (Å²) in [4.78, 5) is 14.8. The molecule has 28 heavy (non-hydrogen) atoms. The summed E-state index contributed by atoms with van der Waals surface area (Å²) < 4.78 is 0. The van der Waals surface area contributed by atoms with Crippen molar-refractivity contribution in [1.82, 2.24) is 4.90 Å². The Kier molecular flexibility index (Phi) is 4.16. The van der Waals surface area contributed by atoms with Crippen LogP contribution in [-0.2, 0) is 19.3 Å². The average Bonchev–Trinajstić information content (AvgIpc) is 2.92. The van der Waals surface area contributed by atoms with Crippen LogP contribution in [-0.4, -0.2) is 24.0 Å². The molecule has 0 saturated carbocycles. The highest BCUT2D eigenvalue weighted by Gasteiger charge is 2.21. The van der Waals surface area contributed by atoms with Crippen molar-refractivity contribution in [2.75, 3.05) is 18.4 Å². The third kappa shape index (κ3) is 3.07. The van der Waals surface area contributed by atoms with Gasteiger partial charge in [0.1, 0.15) is 0 Å². The van der Waals surface area contributed by atoms with Crippen LogP contribution in [0.4, 0.5) is 10.5 Å². The maximum absolute atomic E-state index is 12.9. The Morgan fingerprint density at radius 1 is 0.821 bits per heavy atom. The van der Waals surface area contributed by atoms with Gasteiger partial charge in [-0.05, 0) is 71.7 Å². The molecule has 3 aromatic rings. The van der Waals surface area contributed by atoms with Crippen molar-refractivity contribution in [2.24, 2.45) is 0 Å². The second kappa shape index (κ2) is 6.83. The topological polar surface area (TPSA) is 32.3 Å². The van der Waals surface area contributed by atoms with E-state index in [1.165, 1.54) is 38.9 Å². The third-order valence-electron chi connectivity index (χ3n) is 6.00. The number of nitrogens with one attached hydrogen (secondary N) is 1. The van der Waals surface area contributed by atoms with E-state index >= 15 is 0 Å².